The maximum atomic E-state index is 12.6. The zero-order chi connectivity index (χ0) is 18.1. The fourth-order valence-corrected chi connectivity index (χ4v) is 3.11. The van der Waals surface area contributed by atoms with Crippen LogP contribution in [0, 0.1) is 0 Å². The van der Waals surface area contributed by atoms with Crippen LogP contribution >= 0.6 is 0 Å². The largest absolute Gasteiger partial charge is 0.508 e. The van der Waals surface area contributed by atoms with Gasteiger partial charge in [0.05, 0.1) is 18.2 Å². The molecule has 2 amide bonds. The molecule has 0 fully saturated rings. The number of nitrogens with zero attached hydrogens (tertiary/aromatic N) is 1. The molecule has 130 valence electrons. The van der Waals surface area contributed by atoms with E-state index in [1.807, 2.05) is 24.3 Å². The van der Waals surface area contributed by atoms with Crippen LogP contribution in [0.4, 0.5) is 4.79 Å². The third kappa shape index (κ3) is 2.80. The number of urea groups is 1. The van der Waals surface area contributed by atoms with Crippen LogP contribution in [-0.2, 0) is 9.53 Å². The molecule has 2 N–H and O–H groups in total. The molecule has 0 radical (unpaired) electrons. The molecule has 1 aliphatic rings. The first-order valence-electron chi connectivity index (χ1n) is 8.08. The lowest BCUT2D eigenvalue weighted by Crippen LogP contribution is -2.46. The maximum absolute atomic E-state index is 12.6. The van der Waals surface area contributed by atoms with Gasteiger partial charge in [0.2, 0.25) is 0 Å². The summed E-state index contributed by atoms with van der Waals surface area (Å²) in [5.41, 5.74) is 1.30. The van der Waals surface area contributed by atoms with Crippen molar-refractivity contribution in [3.05, 3.63) is 53.2 Å². The lowest BCUT2D eigenvalue weighted by atomic mass is 9.90. The molecule has 1 atom stereocenters. The van der Waals surface area contributed by atoms with Crippen molar-refractivity contribution in [2.75, 3.05) is 13.7 Å². The van der Waals surface area contributed by atoms with Gasteiger partial charge >= 0.3 is 12.0 Å². The van der Waals surface area contributed by atoms with E-state index in [1.165, 1.54) is 4.90 Å². The molecule has 0 unspecified atom stereocenters. The van der Waals surface area contributed by atoms with Crippen LogP contribution in [0.5, 0.6) is 5.75 Å². The van der Waals surface area contributed by atoms with E-state index in [0.29, 0.717) is 16.8 Å². The molecule has 1 heterocycles. The monoisotopic (exact) mass is 340 g/mol. The summed E-state index contributed by atoms with van der Waals surface area (Å²) in [5.74, 6) is -0.493. The maximum Gasteiger partial charge on any atom is 0.338 e. The number of aromatic hydroxyl groups is 1. The van der Waals surface area contributed by atoms with Crippen molar-refractivity contribution < 1.29 is 19.4 Å². The zero-order valence-corrected chi connectivity index (χ0v) is 14.4. The lowest BCUT2D eigenvalue weighted by Gasteiger charge is -2.33. The van der Waals surface area contributed by atoms with Gasteiger partial charge in [0.25, 0.3) is 0 Å². The molecule has 0 spiro atoms. The third-order valence-electron chi connectivity index (χ3n) is 4.49. The van der Waals surface area contributed by atoms with Crippen LogP contribution in [0.15, 0.2) is 47.7 Å². The number of hydrogen-bond acceptors (Lipinski definition) is 4. The number of phenolic OH excluding ortho intramolecular Hbond substituents is 1. The average Bonchev–Trinajstić information content (AvgIpc) is 2.59. The van der Waals surface area contributed by atoms with Crippen molar-refractivity contribution in [3.8, 4) is 5.75 Å². The Balaban J connectivity index is 2.26. The van der Waals surface area contributed by atoms with Gasteiger partial charge < -0.3 is 20.1 Å². The van der Waals surface area contributed by atoms with Crippen LogP contribution in [0.2, 0.25) is 0 Å². The molecule has 0 saturated heterocycles. The highest BCUT2D eigenvalue weighted by Crippen LogP contribution is 2.39. The van der Waals surface area contributed by atoms with E-state index < -0.39 is 12.0 Å². The lowest BCUT2D eigenvalue weighted by molar-refractivity contribution is -0.139. The molecule has 6 heteroatoms. The molecule has 6 nitrogen and oxygen atoms in total. The number of rotatable bonds is 3. The van der Waals surface area contributed by atoms with Crippen molar-refractivity contribution >= 4 is 22.8 Å². The van der Waals surface area contributed by atoms with Gasteiger partial charge in [-0.3, -0.25) is 0 Å². The highest BCUT2D eigenvalue weighted by atomic mass is 16.5. The van der Waals surface area contributed by atoms with Crippen molar-refractivity contribution in [1.82, 2.24) is 10.2 Å². The van der Waals surface area contributed by atoms with E-state index in [-0.39, 0.29) is 18.4 Å². The van der Waals surface area contributed by atoms with Gasteiger partial charge in [-0.05, 0) is 30.7 Å². The number of amides is 2. The second kappa shape index (κ2) is 6.47. The predicted octanol–water partition coefficient (Wildman–Crippen LogP) is 3.08. The zero-order valence-electron chi connectivity index (χ0n) is 14.4. The molecular weight excluding hydrogens is 320 g/mol. The van der Waals surface area contributed by atoms with Crippen molar-refractivity contribution in [1.29, 1.82) is 0 Å². The second-order valence-electron chi connectivity index (χ2n) is 5.88. The minimum Gasteiger partial charge on any atom is -0.508 e. The van der Waals surface area contributed by atoms with Crippen molar-refractivity contribution in [3.63, 3.8) is 0 Å². The number of esters is 1. The Bertz CT molecular complexity index is 888. The van der Waals surface area contributed by atoms with E-state index in [9.17, 15) is 14.7 Å². The number of nitrogens with one attached hydrogen (secondary N) is 1. The molecule has 0 aliphatic carbocycles. The van der Waals surface area contributed by atoms with Gasteiger partial charge in [-0.2, -0.15) is 0 Å². The quantitative estimate of drug-likeness (QED) is 0.842. The minimum absolute atomic E-state index is 0.0168. The summed E-state index contributed by atoms with van der Waals surface area (Å²) in [7, 11) is 1.59. The van der Waals surface area contributed by atoms with Gasteiger partial charge in [-0.25, -0.2) is 9.59 Å². The van der Waals surface area contributed by atoms with Crippen LogP contribution in [-0.4, -0.2) is 35.7 Å². The fourth-order valence-electron chi connectivity index (χ4n) is 3.11. The highest BCUT2D eigenvalue weighted by Gasteiger charge is 2.36. The van der Waals surface area contributed by atoms with Gasteiger partial charge in [0.15, 0.2) is 0 Å². The topological polar surface area (TPSA) is 78.9 Å². The predicted molar refractivity (Wildman–Crippen MR) is 94.0 cm³/mol. The molecule has 0 aromatic heterocycles. The molecule has 2 aromatic carbocycles. The van der Waals surface area contributed by atoms with Gasteiger partial charge in [-0.15, -0.1) is 0 Å². The Morgan fingerprint density at radius 2 is 2.00 bits per heavy atom. The molecule has 0 bridgehead atoms. The SMILES string of the molecule is CCOC(=O)C1=C(C)N(C)C(=O)N[C@H]1c1c(O)ccc2ccccc12. The Labute approximate surface area is 145 Å². The summed E-state index contributed by atoms with van der Waals surface area (Å²) in [5, 5.41) is 15.0. The van der Waals surface area contributed by atoms with E-state index >= 15 is 0 Å². The van der Waals surface area contributed by atoms with Crippen molar-refractivity contribution in [2.45, 2.75) is 19.9 Å². The third-order valence-corrected chi connectivity index (χ3v) is 4.49. The molecule has 0 saturated carbocycles. The molecule has 2 aromatic rings. The summed E-state index contributed by atoms with van der Waals surface area (Å²) in [6.07, 6.45) is 0. The number of benzene rings is 2. The molecule has 25 heavy (non-hydrogen) atoms. The fraction of sp³-hybridized carbons (Fsp3) is 0.263. The van der Waals surface area contributed by atoms with E-state index in [0.717, 1.165) is 10.8 Å². The number of carbonyl (C=O) groups is 2. The normalized spacial score (nSPS) is 17.6. The Kier molecular flexibility index (Phi) is 4.35. The van der Waals surface area contributed by atoms with Gasteiger partial charge in [-0.1, -0.05) is 30.3 Å². The van der Waals surface area contributed by atoms with E-state index in [2.05, 4.69) is 5.32 Å². The Morgan fingerprint density at radius 1 is 1.28 bits per heavy atom. The van der Waals surface area contributed by atoms with E-state index in [1.54, 1.807) is 33.0 Å². The van der Waals surface area contributed by atoms with Crippen LogP contribution < -0.4 is 5.32 Å². The number of hydrogen-bond donors (Lipinski definition) is 2. The standard InChI is InChI=1S/C19H20N2O4/c1-4-25-18(23)15-11(2)21(3)19(24)20-17(15)16-13-8-6-5-7-12(13)9-10-14(16)22/h5-10,17,22H,4H2,1-3H3,(H,20,24)/t17-/m1/s1. The number of phenols is 1. The molecular formula is C19H20N2O4. The number of ether oxygens (including phenoxy) is 1. The second-order valence-corrected chi connectivity index (χ2v) is 5.88. The summed E-state index contributed by atoms with van der Waals surface area (Å²) in [4.78, 5) is 26.2. The van der Waals surface area contributed by atoms with Gasteiger partial charge in [0, 0.05) is 18.3 Å². The minimum atomic E-state index is -0.783. The van der Waals surface area contributed by atoms with Crippen LogP contribution in [0.3, 0.4) is 0 Å². The Hall–Kier alpha value is -3.02. The first-order valence-corrected chi connectivity index (χ1v) is 8.08. The molecule has 3 rings (SSSR count). The smallest absolute Gasteiger partial charge is 0.338 e. The summed E-state index contributed by atoms with van der Waals surface area (Å²) in [6.45, 7) is 3.64. The first kappa shape index (κ1) is 16.8. The Morgan fingerprint density at radius 3 is 2.72 bits per heavy atom. The summed E-state index contributed by atoms with van der Waals surface area (Å²) < 4.78 is 5.18. The van der Waals surface area contributed by atoms with Crippen LogP contribution in [0.1, 0.15) is 25.5 Å². The average molecular weight is 340 g/mol. The summed E-state index contributed by atoms with van der Waals surface area (Å²) in [6, 6.07) is 9.75. The molecule has 1 aliphatic heterocycles. The van der Waals surface area contributed by atoms with Crippen LogP contribution in [0.25, 0.3) is 10.8 Å². The van der Waals surface area contributed by atoms with Crippen molar-refractivity contribution in [2.24, 2.45) is 0 Å². The van der Waals surface area contributed by atoms with Gasteiger partial charge in [0.1, 0.15) is 5.75 Å². The summed E-state index contributed by atoms with van der Waals surface area (Å²) >= 11 is 0. The number of allylic oxidation sites excluding steroid dienone is 1. The highest BCUT2D eigenvalue weighted by molar-refractivity contribution is 5.98. The number of fused-ring (bicyclic) bond motifs is 1. The van der Waals surface area contributed by atoms with E-state index in [4.69, 9.17) is 4.74 Å². The number of carbonyl (C=O) groups excluding carboxylic acids is 2. The first-order chi connectivity index (χ1) is 12.0.